The first-order chi connectivity index (χ1) is 14.1. The normalized spacial score (nSPS) is 16.3. The number of aliphatic imine (C=N–C) groups is 1. The van der Waals surface area contributed by atoms with Crippen LogP contribution in [-0.4, -0.2) is 39.2 Å². The Morgan fingerprint density at radius 3 is 2.83 bits per heavy atom. The van der Waals surface area contributed by atoms with Gasteiger partial charge in [0.2, 0.25) is 0 Å². The van der Waals surface area contributed by atoms with Crippen LogP contribution in [-0.2, 0) is 6.54 Å². The summed E-state index contributed by atoms with van der Waals surface area (Å²) in [5.41, 5.74) is 1.89. The van der Waals surface area contributed by atoms with E-state index in [0.29, 0.717) is 23.6 Å². The van der Waals surface area contributed by atoms with E-state index >= 15 is 0 Å². The highest BCUT2D eigenvalue weighted by atomic mass is 127. The van der Waals surface area contributed by atoms with E-state index < -0.39 is 5.82 Å². The second kappa shape index (κ2) is 11.6. The van der Waals surface area contributed by atoms with E-state index in [1.165, 1.54) is 6.07 Å². The Kier molecular flexibility index (Phi) is 9.17. The van der Waals surface area contributed by atoms with Gasteiger partial charge in [-0.3, -0.25) is 4.99 Å². The van der Waals surface area contributed by atoms with Crippen LogP contribution in [0.4, 0.5) is 10.1 Å². The average molecular weight is 523 g/mol. The molecule has 1 atom stereocenters. The molecule has 0 saturated carbocycles. The Bertz CT molecular complexity index is 915. The molecule has 0 aliphatic carbocycles. The fourth-order valence-corrected chi connectivity index (χ4v) is 3.53. The standard InChI is InChI=1S/C22H26FN5O.HI/c1-25-22(26-14-17-10-9-16(13-24)12-19(17)23)27-18-6-5-11-28(15-18)20-7-3-4-8-21(20)29-2;/h3-4,7-10,12,18H,5-6,11,14-15H2,1-2H3,(H2,25,26,27);1H. The number of piperidine rings is 1. The van der Waals surface area contributed by atoms with Crippen LogP contribution >= 0.6 is 24.0 Å². The van der Waals surface area contributed by atoms with E-state index in [2.05, 4.69) is 26.6 Å². The molecule has 0 amide bonds. The molecule has 1 heterocycles. The fourth-order valence-electron chi connectivity index (χ4n) is 3.53. The molecule has 160 valence electrons. The number of hydrogen-bond acceptors (Lipinski definition) is 4. The van der Waals surface area contributed by atoms with E-state index in [4.69, 9.17) is 10.00 Å². The van der Waals surface area contributed by atoms with E-state index in [1.807, 2.05) is 24.3 Å². The van der Waals surface area contributed by atoms with Crippen LogP contribution in [0.15, 0.2) is 47.5 Å². The van der Waals surface area contributed by atoms with Crippen molar-refractivity contribution < 1.29 is 9.13 Å². The van der Waals surface area contributed by atoms with Gasteiger partial charge in [-0.15, -0.1) is 24.0 Å². The van der Waals surface area contributed by atoms with Crippen molar-refractivity contribution in [1.29, 1.82) is 5.26 Å². The number of anilines is 1. The summed E-state index contributed by atoms with van der Waals surface area (Å²) < 4.78 is 19.6. The molecule has 0 bridgehead atoms. The largest absolute Gasteiger partial charge is 0.495 e. The minimum atomic E-state index is -0.396. The highest BCUT2D eigenvalue weighted by Crippen LogP contribution is 2.29. The van der Waals surface area contributed by atoms with Crippen molar-refractivity contribution in [3.05, 3.63) is 59.4 Å². The predicted molar refractivity (Wildman–Crippen MR) is 128 cm³/mol. The van der Waals surface area contributed by atoms with E-state index in [1.54, 1.807) is 26.3 Å². The molecule has 3 rings (SSSR count). The molecular formula is C22H27FIN5O. The van der Waals surface area contributed by atoms with Crippen molar-refractivity contribution in [2.45, 2.75) is 25.4 Å². The Balaban J connectivity index is 0.00000320. The van der Waals surface area contributed by atoms with Gasteiger partial charge in [-0.2, -0.15) is 5.26 Å². The molecule has 2 N–H and O–H groups in total. The zero-order valence-electron chi connectivity index (χ0n) is 17.2. The summed E-state index contributed by atoms with van der Waals surface area (Å²) >= 11 is 0. The molecule has 0 spiro atoms. The van der Waals surface area contributed by atoms with Crippen LogP contribution in [0.1, 0.15) is 24.0 Å². The number of para-hydroxylation sites is 2. The number of methoxy groups -OCH3 is 1. The molecule has 0 radical (unpaired) electrons. The Morgan fingerprint density at radius 1 is 1.33 bits per heavy atom. The van der Waals surface area contributed by atoms with Crippen molar-refractivity contribution in [3.63, 3.8) is 0 Å². The van der Waals surface area contributed by atoms with Crippen molar-refractivity contribution in [3.8, 4) is 11.8 Å². The molecule has 0 aromatic heterocycles. The van der Waals surface area contributed by atoms with E-state index in [0.717, 1.165) is 37.4 Å². The lowest BCUT2D eigenvalue weighted by molar-refractivity contribution is 0.408. The number of nitriles is 1. The maximum atomic E-state index is 14.1. The maximum Gasteiger partial charge on any atom is 0.191 e. The number of guanidine groups is 1. The van der Waals surface area contributed by atoms with Gasteiger partial charge in [0.1, 0.15) is 11.6 Å². The highest BCUT2D eigenvalue weighted by molar-refractivity contribution is 14.0. The highest BCUT2D eigenvalue weighted by Gasteiger charge is 2.22. The van der Waals surface area contributed by atoms with Gasteiger partial charge in [0.15, 0.2) is 5.96 Å². The van der Waals surface area contributed by atoms with Gasteiger partial charge in [0.25, 0.3) is 0 Å². The van der Waals surface area contributed by atoms with E-state index in [-0.39, 0.29) is 30.0 Å². The summed E-state index contributed by atoms with van der Waals surface area (Å²) in [7, 11) is 3.39. The Labute approximate surface area is 194 Å². The molecule has 1 saturated heterocycles. The number of rotatable bonds is 5. The smallest absolute Gasteiger partial charge is 0.191 e. The van der Waals surface area contributed by atoms with Gasteiger partial charge in [0.05, 0.1) is 24.4 Å². The SMILES string of the molecule is CN=C(NCc1ccc(C#N)cc1F)NC1CCCN(c2ccccc2OC)C1.I. The molecule has 2 aromatic rings. The zero-order valence-corrected chi connectivity index (χ0v) is 19.5. The van der Waals surface area contributed by atoms with Gasteiger partial charge in [-0.1, -0.05) is 18.2 Å². The number of benzene rings is 2. The van der Waals surface area contributed by atoms with Gasteiger partial charge >= 0.3 is 0 Å². The summed E-state index contributed by atoms with van der Waals surface area (Å²) in [6.45, 7) is 2.09. The quantitative estimate of drug-likeness (QED) is 0.356. The minimum Gasteiger partial charge on any atom is -0.495 e. The Morgan fingerprint density at radius 2 is 2.13 bits per heavy atom. The van der Waals surface area contributed by atoms with Crippen molar-refractivity contribution in [2.75, 3.05) is 32.1 Å². The number of hydrogen-bond donors (Lipinski definition) is 2. The summed E-state index contributed by atoms with van der Waals surface area (Å²) in [6, 6.07) is 14.7. The summed E-state index contributed by atoms with van der Waals surface area (Å²) in [5, 5.41) is 15.5. The van der Waals surface area contributed by atoms with Crippen molar-refractivity contribution >= 4 is 35.6 Å². The van der Waals surface area contributed by atoms with Crippen LogP contribution in [0.25, 0.3) is 0 Å². The third-order valence-electron chi connectivity index (χ3n) is 5.04. The molecule has 2 aromatic carbocycles. The number of nitrogens with one attached hydrogen (secondary N) is 2. The molecule has 30 heavy (non-hydrogen) atoms. The summed E-state index contributed by atoms with van der Waals surface area (Å²) in [5.74, 6) is 1.10. The van der Waals surface area contributed by atoms with Crippen LogP contribution in [0.5, 0.6) is 5.75 Å². The third-order valence-corrected chi connectivity index (χ3v) is 5.04. The zero-order chi connectivity index (χ0) is 20.6. The molecule has 8 heteroatoms. The van der Waals surface area contributed by atoms with Gasteiger partial charge < -0.3 is 20.3 Å². The van der Waals surface area contributed by atoms with Gasteiger partial charge in [-0.05, 0) is 37.1 Å². The number of nitrogens with zero attached hydrogens (tertiary/aromatic N) is 3. The van der Waals surface area contributed by atoms with Crippen molar-refractivity contribution in [2.24, 2.45) is 4.99 Å². The van der Waals surface area contributed by atoms with E-state index in [9.17, 15) is 4.39 Å². The molecule has 1 unspecified atom stereocenters. The Hall–Kier alpha value is -2.54. The molecule has 1 fully saturated rings. The van der Waals surface area contributed by atoms with Gasteiger partial charge in [-0.25, -0.2) is 4.39 Å². The molecule has 1 aliphatic heterocycles. The summed E-state index contributed by atoms with van der Waals surface area (Å²) in [4.78, 5) is 6.58. The monoisotopic (exact) mass is 523 g/mol. The van der Waals surface area contributed by atoms with Crippen LogP contribution < -0.4 is 20.3 Å². The van der Waals surface area contributed by atoms with Crippen LogP contribution in [0.3, 0.4) is 0 Å². The number of halogens is 2. The second-order valence-corrected chi connectivity index (χ2v) is 6.95. The lowest BCUT2D eigenvalue weighted by atomic mass is 10.0. The van der Waals surface area contributed by atoms with Crippen LogP contribution in [0, 0.1) is 17.1 Å². The lowest BCUT2D eigenvalue weighted by Gasteiger charge is -2.36. The molecular weight excluding hydrogens is 496 g/mol. The second-order valence-electron chi connectivity index (χ2n) is 6.95. The van der Waals surface area contributed by atoms with Crippen LogP contribution in [0.2, 0.25) is 0 Å². The fraction of sp³-hybridized carbons (Fsp3) is 0.364. The maximum absolute atomic E-state index is 14.1. The molecule has 6 nitrogen and oxygen atoms in total. The lowest BCUT2D eigenvalue weighted by Crippen LogP contribution is -2.51. The first-order valence-corrected chi connectivity index (χ1v) is 9.68. The van der Waals surface area contributed by atoms with Crippen molar-refractivity contribution in [1.82, 2.24) is 10.6 Å². The molecule has 1 aliphatic rings. The topological polar surface area (TPSA) is 72.7 Å². The van der Waals surface area contributed by atoms with Gasteiger partial charge in [0, 0.05) is 38.3 Å². The minimum absolute atomic E-state index is 0. The summed E-state index contributed by atoms with van der Waals surface area (Å²) in [6.07, 6.45) is 2.08. The first-order valence-electron chi connectivity index (χ1n) is 9.68. The number of ether oxygens (including phenoxy) is 1. The third kappa shape index (κ3) is 5.98. The first kappa shape index (κ1) is 23.7. The predicted octanol–water partition coefficient (Wildman–Crippen LogP) is 3.66. The average Bonchev–Trinajstić information content (AvgIpc) is 2.77.